The van der Waals surface area contributed by atoms with Crippen molar-refractivity contribution in [2.45, 2.75) is 20.8 Å². The van der Waals surface area contributed by atoms with Gasteiger partial charge in [0.1, 0.15) is 5.76 Å². The maximum atomic E-state index is 5.83. The molecule has 2 aromatic rings. The Bertz CT molecular complexity index is 481. The fourth-order valence-electron chi connectivity index (χ4n) is 1.47. The van der Waals surface area contributed by atoms with Gasteiger partial charge in [0.05, 0.1) is 5.69 Å². The molecule has 1 aromatic heterocycles. The van der Waals surface area contributed by atoms with Crippen molar-refractivity contribution >= 4 is 5.69 Å². The molecule has 0 bridgehead atoms. The summed E-state index contributed by atoms with van der Waals surface area (Å²) < 4.78 is 5.57. The fourth-order valence-corrected chi connectivity index (χ4v) is 1.47. The van der Waals surface area contributed by atoms with Crippen LogP contribution in [0.3, 0.4) is 0 Å². The van der Waals surface area contributed by atoms with E-state index in [-0.39, 0.29) is 0 Å². The third-order valence-electron chi connectivity index (χ3n) is 2.63. The number of nitrogens with two attached hydrogens (primary N) is 1. The summed E-state index contributed by atoms with van der Waals surface area (Å²) in [6.45, 7) is 5.82. The van der Waals surface area contributed by atoms with Gasteiger partial charge < -0.3 is 10.2 Å². The smallest absolute Gasteiger partial charge is 0.226 e. The Balaban J connectivity index is 2.59. The Kier molecular flexibility index (Phi) is 2.23. The average Bonchev–Trinajstić information content (AvgIpc) is 2.51. The first kappa shape index (κ1) is 9.77. The Morgan fingerprint density at radius 3 is 2.53 bits per heavy atom. The van der Waals surface area contributed by atoms with Crippen molar-refractivity contribution in [2.75, 3.05) is 5.73 Å². The van der Waals surface area contributed by atoms with Crippen LogP contribution in [0, 0.1) is 20.8 Å². The molecule has 3 heteroatoms. The van der Waals surface area contributed by atoms with Gasteiger partial charge in [-0.3, -0.25) is 0 Å². The summed E-state index contributed by atoms with van der Waals surface area (Å²) in [5.41, 5.74) is 9.50. The van der Waals surface area contributed by atoms with E-state index in [4.69, 9.17) is 10.2 Å². The van der Waals surface area contributed by atoms with Crippen molar-refractivity contribution in [3.05, 3.63) is 35.2 Å². The van der Waals surface area contributed by atoms with E-state index in [0.717, 1.165) is 28.3 Å². The van der Waals surface area contributed by atoms with Gasteiger partial charge in [0.2, 0.25) is 5.89 Å². The van der Waals surface area contributed by atoms with E-state index in [2.05, 4.69) is 4.98 Å². The zero-order chi connectivity index (χ0) is 11.0. The van der Waals surface area contributed by atoms with E-state index < -0.39 is 0 Å². The van der Waals surface area contributed by atoms with Crippen LogP contribution < -0.4 is 5.73 Å². The zero-order valence-corrected chi connectivity index (χ0v) is 9.16. The lowest BCUT2D eigenvalue weighted by Gasteiger charge is -2.03. The standard InChI is InChI=1S/C12H14N2O/c1-7-10(5-4-6-11(7)13)12-14-8(2)9(3)15-12/h4-6H,13H2,1-3H3. The molecule has 1 aromatic carbocycles. The molecule has 0 spiro atoms. The van der Waals surface area contributed by atoms with E-state index in [0.29, 0.717) is 5.89 Å². The highest BCUT2D eigenvalue weighted by Crippen LogP contribution is 2.27. The monoisotopic (exact) mass is 202 g/mol. The largest absolute Gasteiger partial charge is 0.441 e. The zero-order valence-electron chi connectivity index (χ0n) is 9.16. The molecule has 0 fully saturated rings. The fraction of sp³-hybridized carbons (Fsp3) is 0.250. The number of aromatic nitrogens is 1. The Hall–Kier alpha value is -1.77. The molecular formula is C12H14N2O. The maximum absolute atomic E-state index is 5.83. The molecule has 15 heavy (non-hydrogen) atoms. The van der Waals surface area contributed by atoms with Gasteiger partial charge in [-0.05, 0) is 38.5 Å². The first-order valence-corrected chi connectivity index (χ1v) is 4.89. The summed E-state index contributed by atoms with van der Waals surface area (Å²) in [7, 11) is 0. The molecule has 1 heterocycles. The summed E-state index contributed by atoms with van der Waals surface area (Å²) in [5, 5.41) is 0. The minimum absolute atomic E-state index is 0.648. The average molecular weight is 202 g/mol. The first-order chi connectivity index (χ1) is 7.09. The van der Waals surface area contributed by atoms with Gasteiger partial charge in [0.25, 0.3) is 0 Å². The third kappa shape index (κ3) is 1.61. The summed E-state index contributed by atoms with van der Waals surface area (Å²) in [6.07, 6.45) is 0. The van der Waals surface area contributed by atoms with E-state index in [1.165, 1.54) is 0 Å². The normalized spacial score (nSPS) is 10.6. The molecule has 78 valence electrons. The second-order valence-electron chi connectivity index (χ2n) is 3.68. The van der Waals surface area contributed by atoms with Crippen LogP contribution in [0.15, 0.2) is 22.6 Å². The first-order valence-electron chi connectivity index (χ1n) is 4.89. The molecule has 0 saturated carbocycles. The highest BCUT2D eigenvalue weighted by molar-refractivity contribution is 5.67. The number of hydrogen-bond acceptors (Lipinski definition) is 3. The molecule has 0 aliphatic heterocycles. The van der Waals surface area contributed by atoms with Crippen LogP contribution in [-0.4, -0.2) is 4.98 Å². The Morgan fingerprint density at radius 1 is 1.20 bits per heavy atom. The van der Waals surface area contributed by atoms with Gasteiger partial charge in [-0.25, -0.2) is 4.98 Å². The minimum atomic E-state index is 0.648. The molecule has 0 radical (unpaired) electrons. The number of anilines is 1. The van der Waals surface area contributed by atoms with Crippen molar-refractivity contribution in [3.63, 3.8) is 0 Å². The number of benzene rings is 1. The topological polar surface area (TPSA) is 52.0 Å². The highest BCUT2D eigenvalue weighted by Gasteiger charge is 2.11. The summed E-state index contributed by atoms with van der Waals surface area (Å²) in [5.74, 6) is 1.50. The number of hydrogen-bond donors (Lipinski definition) is 1. The van der Waals surface area contributed by atoms with Gasteiger partial charge >= 0.3 is 0 Å². The van der Waals surface area contributed by atoms with Gasteiger partial charge in [-0.15, -0.1) is 0 Å². The quantitative estimate of drug-likeness (QED) is 0.723. The predicted molar refractivity (Wildman–Crippen MR) is 60.6 cm³/mol. The molecule has 0 unspecified atom stereocenters. The van der Waals surface area contributed by atoms with Crippen LogP contribution in [-0.2, 0) is 0 Å². The SMILES string of the molecule is Cc1nc(-c2cccc(N)c2C)oc1C. The Morgan fingerprint density at radius 2 is 1.93 bits per heavy atom. The number of nitrogens with zero attached hydrogens (tertiary/aromatic N) is 1. The number of aryl methyl sites for hydroxylation is 2. The van der Waals surface area contributed by atoms with E-state index >= 15 is 0 Å². The van der Waals surface area contributed by atoms with E-state index in [1.807, 2.05) is 39.0 Å². The molecule has 0 aliphatic rings. The lowest BCUT2D eigenvalue weighted by atomic mass is 10.1. The van der Waals surface area contributed by atoms with Crippen molar-refractivity contribution in [1.82, 2.24) is 4.98 Å². The van der Waals surface area contributed by atoms with E-state index in [1.54, 1.807) is 0 Å². The van der Waals surface area contributed by atoms with Crippen LogP contribution in [0.1, 0.15) is 17.0 Å². The molecule has 0 saturated heterocycles. The lowest BCUT2D eigenvalue weighted by molar-refractivity contribution is 0.540. The van der Waals surface area contributed by atoms with Crippen LogP contribution in [0.5, 0.6) is 0 Å². The van der Waals surface area contributed by atoms with E-state index in [9.17, 15) is 0 Å². The molecule has 2 rings (SSSR count). The van der Waals surface area contributed by atoms with Crippen LogP contribution in [0.25, 0.3) is 11.5 Å². The van der Waals surface area contributed by atoms with Gasteiger partial charge in [-0.2, -0.15) is 0 Å². The Labute approximate surface area is 88.9 Å². The summed E-state index contributed by atoms with van der Waals surface area (Å²) >= 11 is 0. The predicted octanol–water partition coefficient (Wildman–Crippen LogP) is 2.85. The molecule has 0 amide bonds. The maximum Gasteiger partial charge on any atom is 0.226 e. The summed E-state index contributed by atoms with van der Waals surface area (Å²) in [6, 6.07) is 5.75. The second kappa shape index (κ2) is 3.42. The third-order valence-corrected chi connectivity index (χ3v) is 2.63. The highest BCUT2D eigenvalue weighted by atomic mass is 16.4. The van der Waals surface area contributed by atoms with Gasteiger partial charge in [0.15, 0.2) is 0 Å². The van der Waals surface area contributed by atoms with Gasteiger partial charge in [-0.1, -0.05) is 6.07 Å². The second-order valence-corrected chi connectivity index (χ2v) is 3.68. The number of rotatable bonds is 1. The van der Waals surface area contributed by atoms with Crippen molar-refractivity contribution < 1.29 is 4.42 Å². The molecule has 0 atom stereocenters. The summed E-state index contributed by atoms with van der Waals surface area (Å²) in [4.78, 5) is 4.36. The van der Waals surface area contributed by atoms with Crippen LogP contribution in [0.4, 0.5) is 5.69 Å². The lowest BCUT2D eigenvalue weighted by Crippen LogP contribution is -1.91. The molecule has 3 nitrogen and oxygen atoms in total. The van der Waals surface area contributed by atoms with Crippen LogP contribution >= 0.6 is 0 Å². The molecule has 0 aliphatic carbocycles. The van der Waals surface area contributed by atoms with Crippen LogP contribution in [0.2, 0.25) is 0 Å². The molecular weight excluding hydrogens is 188 g/mol. The van der Waals surface area contributed by atoms with Crippen molar-refractivity contribution in [2.24, 2.45) is 0 Å². The minimum Gasteiger partial charge on any atom is -0.441 e. The number of oxazole rings is 1. The molecule has 2 N–H and O–H groups in total. The van der Waals surface area contributed by atoms with Crippen molar-refractivity contribution in [1.29, 1.82) is 0 Å². The van der Waals surface area contributed by atoms with Crippen molar-refractivity contribution in [3.8, 4) is 11.5 Å². The van der Waals surface area contributed by atoms with Gasteiger partial charge in [0, 0.05) is 11.3 Å². The number of nitrogen functional groups attached to an aromatic ring is 1.